The van der Waals surface area contributed by atoms with Crippen LogP contribution < -0.4 is 5.73 Å². The van der Waals surface area contributed by atoms with Crippen LogP contribution in [0, 0.1) is 13.8 Å². The van der Waals surface area contributed by atoms with E-state index in [1.54, 1.807) is 6.07 Å². The normalized spacial score (nSPS) is 10.5. The number of hydrogen-bond donors (Lipinski definition) is 3. The van der Waals surface area contributed by atoms with Crippen LogP contribution in [0.15, 0.2) is 12.1 Å². The zero-order chi connectivity index (χ0) is 12.6. The van der Waals surface area contributed by atoms with E-state index in [2.05, 4.69) is 15.4 Å². The molecule has 0 saturated heterocycles. The second-order valence-corrected chi connectivity index (χ2v) is 3.86. The van der Waals surface area contributed by atoms with E-state index in [4.69, 9.17) is 5.73 Å². The second kappa shape index (κ2) is 3.89. The molecule has 1 amide bonds. The number of rotatable bonds is 2. The van der Waals surface area contributed by atoms with Crippen LogP contribution in [0.4, 0.5) is 0 Å². The average molecular weight is 232 g/mol. The highest BCUT2D eigenvalue weighted by Crippen LogP contribution is 2.33. The van der Waals surface area contributed by atoms with Crippen LogP contribution in [-0.4, -0.2) is 26.4 Å². The van der Waals surface area contributed by atoms with Crippen LogP contribution in [0.25, 0.3) is 11.3 Å². The Morgan fingerprint density at radius 1 is 1.35 bits per heavy atom. The largest absolute Gasteiger partial charge is 0.507 e. The summed E-state index contributed by atoms with van der Waals surface area (Å²) in [7, 11) is 0. The Labute approximate surface area is 97.5 Å². The summed E-state index contributed by atoms with van der Waals surface area (Å²) in [6.07, 6.45) is 0. The number of nitrogens with zero attached hydrogens (tertiary/aromatic N) is 2. The molecule has 6 nitrogen and oxygen atoms in total. The van der Waals surface area contributed by atoms with Gasteiger partial charge in [0.1, 0.15) is 11.4 Å². The fourth-order valence-corrected chi connectivity index (χ4v) is 1.83. The Morgan fingerprint density at radius 3 is 2.65 bits per heavy atom. The van der Waals surface area contributed by atoms with Gasteiger partial charge in [-0.2, -0.15) is 15.4 Å². The Hall–Kier alpha value is -2.37. The van der Waals surface area contributed by atoms with Crippen molar-refractivity contribution in [1.29, 1.82) is 0 Å². The van der Waals surface area contributed by atoms with E-state index in [1.807, 2.05) is 19.9 Å². The van der Waals surface area contributed by atoms with Gasteiger partial charge in [-0.05, 0) is 31.0 Å². The SMILES string of the molecule is Cc1cc(C)c(-c2n[nH]nc2C(N)=O)c(O)c1. The maximum atomic E-state index is 11.2. The fourth-order valence-electron chi connectivity index (χ4n) is 1.83. The minimum Gasteiger partial charge on any atom is -0.507 e. The molecule has 6 heteroatoms. The molecule has 0 bridgehead atoms. The number of H-pyrrole nitrogens is 1. The Kier molecular flexibility index (Phi) is 2.55. The first kappa shape index (κ1) is 11.1. The summed E-state index contributed by atoms with van der Waals surface area (Å²) in [5, 5.41) is 19.8. The van der Waals surface area contributed by atoms with E-state index in [1.165, 1.54) is 0 Å². The van der Waals surface area contributed by atoms with Crippen LogP contribution in [0.2, 0.25) is 0 Å². The highest BCUT2D eigenvalue weighted by Gasteiger charge is 2.19. The number of carbonyl (C=O) groups is 1. The lowest BCUT2D eigenvalue weighted by Gasteiger charge is -2.07. The molecule has 0 aliphatic carbocycles. The van der Waals surface area contributed by atoms with Crippen LogP contribution in [0.3, 0.4) is 0 Å². The fraction of sp³-hybridized carbons (Fsp3) is 0.182. The van der Waals surface area contributed by atoms with Gasteiger partial charge in [0.05, 0.1) is 0 Å². The van der Waals surface area contributed by atoms with Crippen molar-refractivity contribution in [3.63, 3.8) is 0 Å². The minimum absolute atomic E-state index is 0.0206. The van der Waals surface area contributed by atoms with Gasteiger partial charge >= 0.3 is 0 Å². The first-order valence-electron chi connectivity index (χ1n) is 5.02. The number of phenols is 1. The second-order valence-electron chi connectivity index (χ2n) is 3.86. The lowest BCUT2D eigenvalue weighted by Crippen LogP contribution is -2.13. The predicted molar refractivity (Wildman–Crippen MR) is 61.5 cm³/mol. The number of nitrogens with one attached hydrogen (secondary N) is 1. The van der Waals surface area contributed by atoms with Gasteiger partial charge in [-0.25, -0.2) is 0 Å². The Morgan fingerprint density at radius 2 is 2.06 bits per heavy atom. The predicted octanol–water partition coefficient (Wildman–Crippen LogP) is 0.893. The zero-order valence-corrected chi connectivity index (χ0v) is 9.48. The number of phenolic OH excluding ortho intramolecular Hbond substituents is 1. The van der Waals surface area contributed by atoms with Crippen molar-refractivity contribution >= 4 is 5.91 Å². The smallest absolute Gasteiger partial charge is 0.271 e. The molecule has 1 aromatic carbocycles. The molecule has 4 N–H and O–H groups in total. The highest BCUT2D eigenvalue weighted by atomic mass is 16.3. The number of benzene rings is 1. The van der Waals surface area contributed by atoms with E-state index >= 15 is 0 Å². The van der Waals surface area contributed by atoms with Gasteiger partial charge in [0, 0.05) is 5.56 Å². The summed E-state index contributed by atoms with van der Waals surface area (Å²) in [4.78, 5) is 11.2. The molecule has 0 unspecified atom stereocenters. The number of nitrogens with two attached hydrogens (primary N) is 1. The molecule has 0 atom stereocenters. The summed E-state index contributed by atoms with van der Waals surface area (Å²) in [6, 6.07) is 3.48. The summed E-state index contributed by atoms with van der Waals surface area (Å²) in [5.41, 5.74) is 7.67. The molecule has 2 rings (SSSR count). The molecular formula is C11H12N4O2. The average Bonchev–Trinajstić information content (AvgIpc) is 2.64. The van der Waals surface area contributed by atoms with Gasteiger partial charge in [0.2, 0.25) is 0 Å². The first-order chi connectivity index (χ1) is 8.00. The summed E-state index contributed by atoms with van der Waals surface area (Å²) < 4.78 is 0. The standard InChI is InChI=1S/C11H12N4O2/c1-5-3-6(2)8(7(16)4-5)9-10(11(12)17)14-15-13-9/h3-4,16H,1-2H3,(H2,12,17)(H,13,14,15). The number of primary amides is 1. The molecule has 0 spiro atoms. The van der Waals surface area contributed by atoms with Gasteiger partial charge < -0.3 is 10.8 Å². The molecular weight excluding hydrogens is 220 g/mol. The van der Waals surface area contributed by atoms with Crippen molar-refractivity contribution in [3.05, 3.63) is 29.0 Å². The third-order valence-corrected chi connectivity index (χ3v) is 2.48. The van der Waals surface area contributed by atoms with E-state index in [9.17, 15) is 9.90 Å². The van der Waals surface area contributed by atoms with E-state index in [0.29, 0.717) is 5.56 Å². The van der Waals surface area contributed by atoms with Crippen LogP contribution >= 0.6 is 0 Å². The van der Waals surface area contributed by atoms with Crippen molar-refractivity contribution in [1.82, 2.24) is 15.4 Å². The third-order valence-electron chi connectivity index (χ3n) is 2.48. The van der Waals surface area contributed by atoms with Crippen molar-refractivity contribution in [2.75, 3.05) is 0 Å². The van der Waals surface area contributed by atoms with Crippen molar-refractivity contribution in [2.45, 2.75) is 13.8 Å². The van der Waals surface area contributed by atoms with Crippen molar-refractivity contribution in [2.24, 2.45) is 5.73 Å². The Bertz CT molecular complexity index is 566. The van der Waals surface area contributed by atoms with Crippen molar-refractivity contribution < 1.29 is 9.90 Å². The van der Waals surface area contributed by atoms with Crippen LogP contribution in [0.1, 0.15) is 21.6 Å². The molecule has 0 saturated carbocycles. The number of aromatic amines is 1. The maximum Gasteiger partial charge on any atom is 0.271 e. The zero-order valence-electron chi connectivity index (χ0n) is 9.48. The first-order valence-corrected chi connectivity index (χ1v) is 5.02. The Balaban J connectivity index is 2.69. The monoisotopic (exact) mass is 232 g/mol. The molecule has 88 valence electrons. The maximum absolute atomic E-state index is 11.2. The minimum atomic E-state index is -0.687. The molecule has 0 aliphatic rings. The lowest BCUT2D eigenvalue weighted by molar-refractivity contribution is 0.0996. The number of aryl methyl sites for hydroxylation is 2. The number of hydrogen-bond acceptors (Lipinski definition) is 4. The van der Waals surface area contributed by atoms with Gasteiger partial charge in [-0.15, -0.1) is 0 Å². The van der Waals surface area contributed by atoms with E-state index in [-0.39, 0.29) is 17.1 Å². The number of aromatic nitrogens is 3. The molecule has 0 aliphatic heterocycles. The molecule has 2 aromatic rings. The number of carbonyl (C=O) groups excluding carboxylic acids is 1. The topological polar surface area (TPSA) is 105 Å². The lowest BCUT2D eigenvalue weighted by atomic mass is 10.0. The molecule has 0 fully saturated rings. The number of aromatic hydroxyl groups is 1. The van der Waals surface area contributed by atoms with E-state index < -0.39 is 5.91 Å². The highest BCUT2D eigenvalue weighted by molar-refractivity contribution is 5.97. The summed E-state index contributed by atoms with van der Waals surface area (Å²) in [5.74, 6) is -0.632. The summed E-state index contributed by atoms with van der Waals surface area (Å²) in [6.45, 7) is 3.69. The van der Waals surface area contributed by atoms with E-state index in [0.717, 1.165) is 11.1 Å². The van der Waals surface area contributed by atoms with Gasteiger partial charge in [-0.1, -0.05) is 6.07 Å². The van der Waals surface area contributed by atoms with Crippen LogP contribution in [0.5, 0.6) is 5.75 Å². The molecule has 1 heterocycles. The number of amides is 1. The van der Waals surface area contributed by atoms with Gasteiger partial charge in [0.15, 0.2) is 5.69 Å². The molecule has 0 radical (unpaired) electrons. The van der Waals surface area contributed by atoms with Gasteiger partial charge in [0.25, 0.3) is 5.91 Å². The quantitative estimate of drug-likeness (QED) is 0.715. The summed E-state index contributed by atoms with van der Waals surface area (Å²) >= 11 is 0. The van der Waals surface area contributed by atoms with Crippen molar-refractivity contribution in [3.8, 4) is 17.0 Å². The molecule has 1 aromatic heterocycles. The van der Waals surface area contributed by atoms with Gasteiger partial charge in [-0.3, -0.25) is 4.79 Å². The van der Waals surface area contributed by atoms with Crippen LogP contribution in [-0.2, 0) is 0 Å². The third kappa shape index (κ3) is 1.84. The molecule has 17 heavy (non-hydrogen) atoms.